The summed E-state index contributed by atoms with van der Waals surface area (Å²) in [6.07, 6.45) is 3.09. The van der Waals surface area contributed by atoms with Crippen LogP contribution in [0.15, 0.2) is 18.2 Å². The Kier molecular flexibility index (Phi) is 2.30. The topological polar surface area (TPSA) is 49.4 Å². The molecule has 4 heteroatoms. The number of hydrogen-bond donors (Lipinski definition) is 1. The molecule has 4 nitrogen and oxygen atoms in total. The molecule has 1 aromatic carbocycles. The summed E-state index contributed by atoms with van der Waals surface area (Å²) >= 11 is 0. The lowest BCUT2D eigenvalue weighted by Crippen LogP contribution is -2.31. The van der Waals surface area contributed by atoms with Crippen LogP contribution >= 0.6 is 0 Å². The molecule has 1 saturated carbocycles. The highest BCUT2D eigenvalue weighted by Crippen LogP contribution is 2.41. The Morgan fingerprint density at radius 1 is 1.16 bits per heavy atom. The molecule has 1 amide bonds. The minimum absolute atomic E-state index is 0.259. The van der Waals surface area contributed by atoms with Crippen LogP contribution in [-0.2, 0) is 4.79 Å². The second-order valence-electron chi connectivity index (χ2n) is 5.67. The number of nitrogens with zero attached hydrogens (tertiary/aromatic N) is 1. The molecule has 1 aliphatic carbocycles. The normalized spacial score (nSPS) is 26.1. The predicted octanol–water partition coefficient (Wildman–Crippen LogP) is 1.46. The van der Waals surface area contributed by atoms with Crippen LogP contribution < -0.4 is 10.2 Å². The van der Waals surface area contributed by atoms with Crippen molar-refractivity contribution < 1.29 is 9.59 Å². The van der Waals surface area contributed by atoms with E-state index in [1.165, 1.54) is 0 Å². The molecule has 2 heterocycles. The fourth-order valence-electron chi connectivity index (χ4n) is 3.29. The number of ketones is 1. The molecule has 2 fully saturated rings. The van der Waals surface area contributed by atoms with Crippen LogP contribution in [0.25, 0.3) is 0 Å². The molecule has 98 valence electrons. The van der Waals surface area contributed by atoms with Gasteiger partial charge in [-0.1, -0.05) is 12.1 Å². The largest absolute Gasteiger partial charge is 0.316 e. The average molecular weight is 256 g/mol. The van der Waals surface area contributed by atoms with Crippen molar-refractivity contribution >= 4 is 17.4 Å². The van der Waals surface area contributed by atoms with E-state index in [1.807, 2.05) is 18.2 Å². The Morgan fingerprint density at radius 3 is 2.68 bits per heavy atom. The minimum atomic E-state index is -0.323. The first-order valence-electron chi connectivity index (χ1n) is 6.99. The van der Waals surface area contributed by atoms with E-state index in [-0.39, 0.29) is 17.7 Å². The van der Waals surface area contributed by atoms with E-state index >= 15 is 0 Å². The first-order chi connectivity index (χ1) is 9.27. The highest BCUT2D eigenvalue weighted by atomic mass is 16.2. The summed E-state index contributed by atoms with van der Waals surface area (Å²) in [4.78, 5) is 26.2. The molecule has 19 heavy (non-hydrogen) atoms. The van der Waals surface area contributed by atoms with Crippen molar-refractivity contribution in [3.8, 4) is 0 Å². The van der Waals surface area contributed by atoms with Gasteiger partial charge in [0.1, 0.15) is 0 Å². The summed E-state index contributed by atoms with van der Waals surface area (Å²) in [5, 5.41) is 3.32. The fourth-order valence-corrected chi connectivity index (χ4v) is 3.29. The third kappa shape index (κ3) is 1.56. The summed E-state index contributed by atoms with van der Waals surface area (Å²) < 4.78 is 0. The Labute approximate surface area is 111 Å². The smallest absolute Gasteiger partial charge is 0.299 e. The van der Waals surface area contributed by atoms with E-state index in [9.17, 15) is 9.59 Å². The SMILES string of the molecule is O=C1C(=O)N(C2CC2)c2cccc(C3CCNC3)c21. The molecule has 0 spiro atoms. The zero-order valence-corrected chi connectivity index (χ0v) is 10.7. The molecular weight excluding hydrogens is 240 g/mol. The number of benzene rings is 1. The van der Waals surface area contributed by atoms with Crippen molar-refractivity contribution in [1.82, 2.24) is 5.32 Å². The fraction of sp³-hybridized carbons (Fsp3) is 0.467. The van der Waals surface area contributed by atoms with Crippen molar-refractivity contribution in [3.63, 3.8) is 0 Å². The molecule has 1 saturated heterocycles. The first kappa shape index (κ1) is 11.2. The van der Waals surface area contributed by atoms with Gasteiger partial charge in [-0.25, -0.2) is 0 Å². The predicted molar refractivity (Wildman–Crippen MR) is 71.5 cm³/mol. The highest BCUT2D eigenvalue weighted by Gasteiger charge is 2.45. The number of rotatable bonds is 2. The van der Waals surface area contributed by atoms with E-state index in [2.05, 4.69) is 5.32 Å². The zero-order valence-electron chi connectivity index (χ0n) is 10.7. The Bertz CT molecular complexity index is 572. The molecule has 3 aliphatic rings. The Morgan fingerprint density at radius 2 is 2.00 bits per heavy atom. The summed E-state index contributed by atoms with van der Waals surface area (Å²) in [5.74, 6) is -0.258. The Hall–Kier alpha value is -1.68. The van der Waals surface area contributed by atoms with Gasteiger partial charge in [0.15, 0.2) is 0 Å². The average Bonchev–Trinajstić information content (AvgIpc) is 3.03. The van der Waals surface area contributed by atoms with Crippen LogP contribution in [0.2, 0.25) is 0 Å². The second-order valence-corrected chi connectivity index (χ2v) is 5.67. The number of hydrogen-bond acceptors (Lipinski definition) is 3. The molecule has 1 aromatic rings. The maximum atomic E-state index is 12.3. The van der Waals surface area contributed by atoms with Gasteiger partial charge in [-0.05, 0) is 43.4 Å². The molecule has 0 radical (unpaired) electrons. The first-order valence-corrected chi connectivity index (χ1v) is 6.99. The number of fused-ring (bicyclic) bond motifs is 1. The van der Waals surface area contributed by atoms with E-state index in [4.69, 9.17) is 0 Å². The summed E-state index contributed by atoms with van der Waals surface area (Å²) in [5.41, 5.74) is 2.58. The second kappa shape index (κ2) is 3.90. The number of carbonyl (C=O) groups excluding carboxylic acids is 2. The highest BCUT2D eigenvalue weighted by molar-refractivity contribution is 6.52. The lowest BCUT2D eigenvalue weighted by molar-refractivity contribution is -0.114. The van der Waals surface area contributed by atoms with Gasteiger partial charge in [-0.15, -0.1) is 0 Å². The van der Waals surface area contributed by atoms with Crippen LogP contribution in [0.4, 0.5) is 5.69 Å². The van der Waals surface area contributed by atoms with Crippen molar-refractivity contribution in [2.24, 2.45) is 0 Å². The lowest BCUT2D eigenvalue weighted by atomic mass is 9.91. The summed E-state index contributed by atoms with van der Waals surface area (Å²) in [7, 11) is 0. The van der Waals surface area contributed by atoms with Crippen LogP contribution in [0, 0.1) is 0 Å². The third-order valence-corrected chi connectivity index (χ3v) is 4.39. The van der Waals surface area contributed by atoms with Crippen molar-refractivity contribution in [1.29, 1.82) is 0 Å². The third-order valence-electron chi connectivity index (χ3n) is 4.39. The van der Waals surface area contributed by atoms with Gasteiger partial charge < -0.3 is 10.2 Å². The number of carbonyl (C=O) groups is 2. The molecular formula is C15H16N2O2. The van der Waals surface area contributed by atoms with Gasteiger partial charge in [0.2, 0.25) is 0 Å². The van der Waals surface area contributed by atoms with Gasteiger partial charge in [-0.2, -0.15) is 0 Å². The number of nitrogens with one attached hydrogen (secondary N) is 1. The van der Waals surface area contributed by atoms with Crippen LogP contribution in [-0.4, -0.2) is 30.8 Å². The molecule has 4 rings (SSSR count). The van der Waals surface area contributed by atoms with Gasteiger partial charge >= 0.3 is 0 Å². The van der Waals surface area contributed by atoms with Gasteiger partial charge in [0, 0.05) is 12.6 Å². The van der Waals surface area contributed by atoms with Crippen molar-refractivity contribution in [2.75, 3.05) is 18.0 Å². The standard InChI is InChI=1S/C15H16N2O2/c18-14-13-11(9-6-7-16-8-9)2-1-3-12(13)17(15(14)19)10-4-5-10/h1-3,9-10,16H,4-8H2. The van der Waals surface area contributed by atoms with Crippen molar-refractivity contribution in [2.45, 2.75) is 31.2 Å². The van der Waals surface area contributed by atoms with Crippen LogP contribution in [0.5, 0.6) is 0 Å². The maximum absolute atomic E-state index is 12.3. The summed E-state index contributed by atoms with van der Waals surface area (Å²) in [6.45, 7) is 1.89. The van der Waals surface area contributed by atoms with E-state index in [1.54, 1.807) is 4.90 Å². The Balaban J connectivity index is 1.84. The molecule has 1 N–H and O–H groups in total. The van der Waals surface area contributed by atoms with Crippen molar-refractivity contribution in [3.05, 3.63) is 29.3 Å². The van der Waals surface area contributed by atoms with Crippen LogP contribution in [0.3, 0.4) is 0 Å². The number of anilines is 1. The molecule has 2 aliphatic heterocycles. The van der Waals surface area contributed by atoms with Crippen LogP contribution in [0.1, 0.15) is 41.1 Å². The van der Waals surface area contributed by atoms with E-state index < -0.39 is 0 Å². The quantitative estimate of drug-likeness (QED) is 0.815. The summed E-state index contributed by atoms with van der Waals surface area (Å²) in [6, 6.07) is 6.17. The van der Waals surface area contributed by atoms with E-state index in [0.29, 0.717) is 11.5 Å². The molecule has 1 atom stereocenters. The molecule has 0 aromatic heterocycles. The van der Waals surface area contributed by atoms with Gasteiger partial charge in [0.05, 0.1) is 11.3 Å². The molecule has 1 unspecified atom stereocenters. The zero-order chi connectivity index (χ0) is 13.0. The van der Waals surface area contributed by atoms with E-state index in [0.717, 1.165) is 43.6 Å². The molecule has 0 bridgehead atoms. The number of amides is 1. The monoisotopic (exact) mass is 256 g/mol. The maximum Gasteiger partial charge on any atom is 0.299 e. The van der Waals surface area contributed by atoms with Gasteiger partial charge in [0.25, 0.3) is 11.7 Å². The number of Topliss-reactive ketones (excluding diaryl/α,β-unsaturated/α-hetero) is 1. The minimum Gasteiger partial charge on any atom is -0.316 e. The lowest BCUT2D eigenvalue weighted by Gasteiger charge is -2.17. The van der Waals surface area contributed by atoms with Gasteiger partial charge in [-0.3, -0.25) is 9.59 Å².